The Labute approximate surface area is 220 Å². The van der Waals surface area contributed by atoms with Gasteiger partial charge in [-0.3, -0.25) is 0 Å². The lowest BCUT2D eigenvalue weighted by Gasteiger charge is -2.10. The van der Waals surface area contributed by atoms with Gasteiger partial charge in [-0.15, -0.1) is 0 Å². The molecule has 0 heterocycles. The molecular weight excluding hydrogens is 450 g/mol. The van der Waals surface area contributed by atoms with Gasteiger partial charge in [-0.25, -0.2) is 4.79 Å². The number of rotatable bonds is 22. The van der Waals surface area contributed by atoms with E-state index in [1.165, 1.54) is 64.2 Å². The molecule has 0 aliphatic carbocycles. The first-order valence-corrected chi connectivity index (χ1v) is 14.1. The number of ether oxygens (including phenoxy) is 3. The van der Waals surface area contributed by atoms with Crippen LogP contribution >= 0.6 is 0 Å². The summed E-state index contributed by atoms with van der Waals surface area (Å²) in [7, 11) is 3.98. The van der Waals surface area contributed by atoms with E-state index in [2.05, 4.69) is 36.1 Å². The van der Waals surface area contributed by atoms with Gasteiger partial charge >= 0.3 is 6.16 Å². The van der Waals surface area contributed by atoms with Crippen molar-refractivity contribution in [1.29, 1.82) is 0 Å². The molecule has 0 bridgehead atoms. The Morgan fingerprint density at radius 3 is 2.06 bits per heavy atom. The van der Waals surface area contributed by atoms with Crippen LogP contribution in [0.25, 0.3) is 0 Å². The summed E-state index contributed by atoms with van der Waals surface area (Å²) in [5, 5.41) is 0. The van der Waals surface area contributed by atoms with Gasteiger partial charge in [-0.05, 0) is 76.7 Å². The summed E-state index contributed by atoms with van der Waals surface area (Å²) in [6.45, 7) is 4.45. The van der Waals surface area contributed by atoms with Crippen molar-refractivity contribution in [2.45, 2.75) is 97.0 Å². The fourth-order valence-corrected chi connectivity index (χ4v) is 3.68. The molecule has 1 aromatic rings. The van der Waals surface area contributed by atoms with E-state index in [9.17, 15) is 4.79 Å². The lowest BCUT2D eigenvalue weighted by atomic mass is 10.1. The number of nitrogens with zero attached hydrogens (tertiary/aromatic N) is 1. The third-order valence-electron chi connectivity index (χ3n) is 5.86. The predicted molar refractivity (Wildman–Crippen MR) is 151 cm³/mol. The Morgan fingerprint density at radius 1 is 0.750 bits per heavy atom. The smallest absolute Gasteiger partial charge is 0.494 e. The summed E-state index contributed by atoms with van der Waals surface area (Å²) in [5.74, 6) is 0.854. The van der Waals surface area contributed by atoms with Crippen molar-refractivity contribution in [1.82, 2.24) is 4.90 Å². The van der Waals surface area contributed by atoms with E-state index < -0.39 is 6.16 Å². The Morgan fingerprint density at radius 2 is 1.39 bits per heavy atom. The van der Waals surface area contributed by atoms with E-state index >= 15 is 0 Å². The molecule has 0 aliphatic rings. The fraction of sp³-hybridized carbons (Fsp3) is 0.645. The van der Waals surface area contributed by atoms with E-state index in [-0.39, 0.29) is 6.61 Å². The van der Waals surface area contributed by atoms with E-state index in [0.717, 1.165) is 43.7 Å². The SMILES string of the molecule is CCCCC/C=C\C/C=C\CCCCCCCCOc1ccc(COC(=O)OCCCN(C)C)cc1. The molecule has 0 fully saturated rings. The van der Waals surface area contributed by atoms with Gasteiger partial charge in [-0.2, -0.15) is 0 Å². The maximum Gasteiger partial charge on any atom is 0.508 e. The minimum atomic E-state index is -0.619. The molecule has 0 saturated carbocycles. The minimum Gasteiger partial charge on any atom is -0.494 e. The highest BCUT2D eigenvalue weighted by Gasteiger charge is 2.05. The second-order valence-corrected chi connectivity index (χ2v) is 9.62. The lowest BCUT2D eigenvalue weighted by molar-refractivity contribution is 0.0480. The monoisotopic (exact) mass is 501 g/mol. The van der Waals surface area contributed by atoms with Crippen molar-refractivity contribution in [3.8, 4) is 5.75 Å². The van der Waals surface area contributed by atoms with Crippen molar-refractivity contribution in [3.05, 3.63) is 54.1 Å². The Bertz CT molecular complexity index is 697. The first kappa shape index (κ1) is 31.8. The normalized spacial score (nSPS) is 11.6. The van der Waals surface area contributed by atoms with Gasteiger partial charge in [0.05, 0.1) is 13.2 Å². The van der Waals surface area contributed by atoms with Gasteiger partial charge in [0.2, 0.25) is 0 Å². The molecule has 1 rings (SSSR count). The molecule has 0 aliphatic heterocycles. The molecule has 1 aromatic carbocycles. The van der Waals surface area contributed by atoms with Gasteiger partial charge in [0, 0.05) is 6.54 Å². The lowest BCUT2D eigenvalue weighted by Crippen LogP contribution is -2.16. The molecule has 36 heavy (non-hydrogen) atoms. The summed E-state index contributed by atoms with van der Waals surface area (Å²) in [6, 6.07) is 7.70. The highest BCUT2D eigenvalue weighted by atomic mass is 16.7. The average Bonchev–Trinajstić information content (AvgIpc) is 2.88. The summed E-state index contributed by atoms with van der Waals surface area (Å²) < 4.78 is 16.1. The number of carbonyl (C=O) groups is 1. The average molecular weight is 502 g/mol. The number of allylic oxidation sites excluding steroid dienone is 4. The molecule has 5 nitrogen and oxygen atoms in total. The number of carbonyl (C=O) groups excluding carboxylic acids is 1. The Balaban J connectivity index is 1.95. The van der Waals surface area contributed by atoms with Gasteiger partial charge in [-0.1, -0.05) is 81.9 Å². The maximum atomic E-state index is 11.6. The van der Waals surface area contributed by atoms with Gasteiger partial charge in [0.1, 0.15) is 12.4 Å². The van der Waals surface area contributed by atoms with E-state index in [1.807, 2.05) is 38.4 Å². The zero-order chi connectivity index (χ0) is 26.1. The molecule has 204 valence electrons. The van der Waals surface area contributed by atoms with Crippen LogP contribution in [0.4, 0.5) is 4.79 Å². The summed E-state index contributed by atoms with van der Waals surface area (Å²) in [5.41, 5.74) is 0.918. The van der Waals surface area contributed by atoms with Crippen LogP contribution in [0, 0.1) is 0 Å². The molecule has 0 radical (unpaired) electrons. The van der Waals surface area contributed by atoms with Crippen LogP contribution in [0.5, 0.6) is 5.75 Å². The van der Waals surface area contributed by atoms with Crippen molar-refractivity contribution in [2.75, 3.05) is 33.9 Å². The van der Waals surface area contributed by atoms with Crippen LogP contribution < -0.4 is 4.74 Å². The predicted octanol–water partition coefficient (Wildman–Crippen LogP) is 8.48. The van der Waals surface area contributed by atoms with Crippen molar-refractivity contribution in [3.63, 3.8) is 0 Å². The van der Waals surface area contributed by atoms with E-state index in [1.54, 1.807) is 0 Å². The second-order valence-electron chi connectivity index (χ2n) is 9.62. The van der Waals surface area contributed by atoms with Crippen LogP contribution in [0.1, 0.15) is 96.0 Å². The summed E-state index contributed by atoms with van der Waals surface area (Å²) in [6.07, 6.45) is 24.4. The summed E-state index contributed by atoms with van der Waals surface area (Å²) >= 11 is 0. The largest absolute Gasteiger partial charge is 0.508 e. The summed E-state index contributed by atoms with van der Waals surface area (Å²) in [4.78, 5) is 13.7. The molecule has 0 spiro atoms. The third-order valence-corrected chi connectivity index (χ3v) is 5.86. The highest BCUT2D eigenvalue weighted by molar-refractivity contribution is 5.59. The highest BCUT2D eigenvalue weighted by Crippen LogP contribution is 2.14. The van der Waals surface area contributed by atoms with Gasteiger partial charge in [0.15, 0.2) is 0 Å². The molecule has 0 amide bonds. The molecule has 5 heteroatoms. The molecular formula is C31H51NO4. The van der Waals surface area contributed by atoms with Gasteiger partial charge < -0.3 is 19.1 Å². The molecule has 0 atom stereocenters. The van der Waals surface area contributed by atoms with Crippen LogP contribution in [0.3, 0.4) is 0 Å². The number of hydrogen-bond acceptors (Lipinski definition) is 5. The first-order valence-electron chi connectivity index (χ1n) is 14.1. The zero-order valence-electron chi connectivity index (χ0n) is 23.2. The second kappa shape index (κ2) is 23.1. The zero-order valence-corrected chi connectivity index (χ0v) is 23.2. The quantitative estimate of drug-likeness (QED) is 0.0905. The first-order chi connectivity index (χ1) is 17.6. The molecule has 0 saturated heterocycles. The standard InChI is InChI=1S/C31H51NO4/c1-4-5-6-7-8-9-10-11-12-13-14-15-16-17-18-19-26-34-30-23-21-29(22-24-30)28-36-31(33)35-27-20-25-32(2)3/h8-9,11-12,21-24H,4-7,10,13-20,25-28H2,1-3H3/b9-8-,12-11-. The van der Waals surface area contributed by atoms with Crippen LogP contribution in [-0.4, -0.2) is 44.9 Å². The minimum absolute atomic E-state index is 0.207. The van der Waals surface area contributed by atoms with Crippen molar-refractivity contribution in [2.24, 2.45) is 0 Å². The number of unbranched alkanes of at least 4 members (excludes halogenated alkanes) is 9. The molecule has 0 aromatic heterocycles. The van der Waals surface area contributed by atoms with Crippen molar-refractivity contribution < 1.29 is 19.0 Å². The third kappa shape index (κ3) is 20.0. The van der Waals surface area contributed by atoms with E-state index in [0.29, 0.717) is 6.61 Å². The maximum absolute atomic E-state index is 11.6. The van der Waals surface area contributed by atoms with Crippen LogP contribution in [-0.2, 0) is 16.1 Å². The van der Waals surface area contributed by atoms with E-state index in [4.69, 9.17) is 14.2 Å². The fourth-order valence-electron chi connectivity index (χ4n) is 3.68. The number of benzene rings is 1. The van der Waals surface area contributed by atoms with Gasteiger partial charge in [0.25, 0.3) is 0 Å². The Hall–Kier alpha value is -2.27. The Kier molecular flexibility index (Phi) is 20.4. The van der Waals surface area contributed by atoms with Crippen molar-refractivity contribution >= 4 is 6.16 Å². The number of hydrogen-bond donors (Lipinski definition) is 0. The van der Waals surface area contributed by atoms with Crippen LogP contribution in [0.2, 0.25) is 0 Å². The topological polar surface area (TPSA) is 48.0 Å². The molecule has 0 unspecified atom stereocenters. The molecule has 0 N–H and O–H groups in total. The van der Waals surface area contributed by atoms with Crippen LogP contribution in [0.15, 0.2) is 48.6 Å².